The molecule has 0 aliphatic heterocycles. The summed E-state index contributed by atoms with van der Waals surface area (Å²) in [7, 11) is -2.23. The summed E-state index contributed by atoms with van der Waals surface area (Å²) in [4.78, 5) is 0. The summed E-state index contributed by atoms with van der Waals surface area (Å²) in [5.74, 6) is 0. The van der Waals surface area contributed by atoms with Crippen LogP contribution in [-0.4, -0.2) is 8.07 Å². The van der Waals surface area contributed by atoms with Gasteiger partial charge in [-0.15, -0.1) is 0 Å². The van der Waals surface area contributed by atoms with E-state index in [9.17, 15) is 0 Å². The smallest absolute Gasteiger partial charge is 0.0654 e. The van der Waals surface area contributed by atoms with Crippen LogP contribution >= 0.6 is 0 Å². The molecule has 0 unspecified atom stereocenters. The summed E-state index contributed by atoms with van der Waals surface area (Å²) in [6, 6.07) is 33.0. The van der Waals surface area contributed by atoms with E-state index in [-0.39, 0.29) is 0 Å². The maximum absolute atomic E-state index is 2.66. The van der Waals surface area contributed by atoms with Crippen LogP contribution in [0.25, 0.3) is 32.6 Å². The van der Waals surface area contributed by atoms with Gasteiger partial charge in [0.05, 0.1) is 0 Å². The van der Waals surface area contributed by atoms with Crippen molar-refractivity contribution in [1.29, 1.82) is 0 Å². The molecule has 0 fully saturated rings. The van der Waals surface area contributed by atoms with Crippen molar-refractivity contribution in [3.05, 3.63) is 142 Å². The molecule has 0 spiro atoms. The minimum absolute atomic E-state index is 1.13. The van der Waals surface area contributed by atoms with Crippen LogP contribution in [0.5, 0.6) is 0 Å². The highest BCUT2D eigenvalue weighted by Gasteiger charge is 2.43. The third-order valence-corrected chi connectivity index (χ3v) is 14.1. The first-order chi connectivity index (χ1) is 22.9. The molecule has 0 nitrogen and oxygen atoms in total. The van der Waals surface area contributed by atoms with Gasteiger partial charge in [0.1, 0.15) is 8.07 Å². The lowest BCUT2D eigenvalue weighted by Gasteiger charge is -2.33. The SMILES string of the molecule is CCCCc1ccc(-c2cccc3c2C([Si](C)(C)C2=C(CCC)[CH]c4cccc(-c5ccc(CCCC)cc5)c42)=C(CCC)[CH]3)cc1. The third kappa shape index (κ3) is 6.66. The maximum Gasteiger partial charge on any atom is 0.113 e. The van der Waals surface area contributed by atoms with Gasteiger partial charge >= 0.3 is 0 Å². The Hall–Kier alpha value is -3.42. The molecule has 2 aliphatic rings. The minimum atomic E-state index is -2.23. The number of aryl methyl sites for hydroxylation is 2. The van der Waals surface area contributed by atoms with Crippen molar-refractivity contribution < 1.29 is 0 Å². The second-order valence-corrected chi connectivity index (χ2v) is 18.6. The Labute approximate surface area is 287 Å². The van der Waals surface area contributed by atoms with Crippen LogP contribution in [0.15, 0.2) is 96.1 Å². The van der Waals surface area contributed by atoms with Gasteiger partial charge in [0.2, 0.25) is 0 Å². The number of hydrogen-bond donors (Lipinski definition) is 0. The van der Waals surface area contributed by atoms with Crippen LogP contribution in [0.3, 0.4) is 0 Å². The maximum atomic E-state index is 2.66. The van der Waals surface area contributed by atoms with Crippen molar-refractivity contribution in [1.82, 2.24) is 0 Å². The van der Waals surface area contributed by atoms with E-state index in [0.717, 1.165) is 38.5 Å². The first kappa shape index (κ1) is 33.5. The molecule has 47 heavy (non-hydrogen) atoms. The molecule has 0 saturated heterocycles. The highest BCUT2D eigenvalue weighted by Crippen LogP contribution is 2.54. The molecule has 0 amide bonds. The van der Waals surface area contributed by atoms with E-state index in [1.165, 1.54) is 81.3 Å². The number of unbranched alkanes of at least 4 members (excludes halogenated alkanes) is 2. The molecule has 0 aromatic heterocycles. The number of hydrogen-bond acceptors (Lipinski definition) is 0. The third-order valence-electron chi connectivity index (χ3n) is 10.5. The second-order valence-electron chi connectivity index (χ2n) is 14.4. The summed E-state index contributed by atoms with van der Waals surface area (Å²) in [5, 5.41) is 3.32. The van der Waals surface area contributed by atoms with Crippen LogP contribution in [-0.2, 0) is 12.8 Å². The predicted octanol–water partition coefficient (Wildman–Crippen LogP) is 13.4. The highest BCUT2D eigenvalue weighted by atomic mass is 28.3. The van der Waals surface area contributed by atoms with Crippen molar-refractivity contribution in [2.75, 3.05) is 0 Å². The Bertz CT molecular complexity index is 1630. The largest absolute Gasteiger partial charge is 0.113 e. The van der Waals surface area contributed by atoms with E-state index >= 15 is 0 Å². The summed E-state index contributed by atoms with van der Waals surface area (Å²) < 4.78 is 0. The molecule has 0 atom stereocenters. The van der Waals surface area contributed by atoms with Gasteiger partial charge in [-0.25, -0.2) is 0 Å². The van der Waals surface area contributed by atoms with Crippen LogP contribution < -0.4 is 0 Å². The summed E-state index contributed by atoms with van der Waals surface area (Å²) in [6.45, 7) is 14.6. The number of benzene rings is 4. The van der Waals surface area contributed by atoms with Gasteiger partial charge in [-0.1, -0.05) is 163 Å². The van der Waals surface area contributed by atoms with E-state index in [0.29, 0.717) is 0 Å². The van der Waals surface area contributed by atoms with E-state index in [1.54, 1.807) is 21.5 Å². The lowest BCUT2D eigenvalue weighted by molar-refractivity contribution is 0.795. The molecule has 242 valence electrons. The number of allylic oxidation sites excluding steroid dienone is 2. The second kappa shape index (κ2) is 14.8. The van der Waals surface area contributed by atoms with Crippen LogP contribution in [0.1, 0.15) is 112 Å². The highest BCUT2D eigenvalue weighted by molar-refractivity contribution is 7.09. The Morgan fingerprint density at radius 1 is 0.447 bits per heavy atom. The Morgan fingerprint density at radius 2 is 0.851 bits per heavy atom. The Balaban J connectivity index is 1.50. The standard InChI is InChI=1S/C46H54Si/c1-7-11-17-33-23-27-35(28-24-33)41-21-13-19-37-31-39(15-9-3)45(43(37)41)47(5,6)46-40(16-10-4)32-38-20-14-22-42(44(38)46)36-29-25-34(26-30-36)18-12-8-2/h13-14,19-32H,7-12,15-18H2,1-6H3. The summed E-state index contributed by atoms with van der Waals surface area (Å²) in [6.07, 6.45) is 17.0. The molecular formula is C46H54Si. The Kier molecular flexibility index (Phi) is 10.5. The van der Waals surface area contributed by atoms with Crippen LogP contribution in [0.4, 0.5) is 0 Å². The molecule has 1 heteroatoms. The molecule has 6 rings (SSSR count). The summed E-state index contributed by atoms with van der Waals surface area (Å²) in [5.41, 5.74) is 17.4. The molecule has 4 aromatic carbocycles. The quantitative estimate of drug-likeness (QED) is 0.121. The number of fused-ring (bicyclic) bond motifs is 2. The minimum Gasteiger partial charge on any atom is -0.0654 e. The van der Waals surface area contributed by atoms with Crippen LogP contribution in [0.2, 0.25) is 13.1 Å². The van der Waals surface area contributed by atoms with Crippen molar-refractivity contribution in [2.45, 2.75) is 105 Å². The fourth-order valence-electron chi connectivity index (χ4n) is 8.21. The predicted molar refractivity (Wildman–Crippen MR) is 209 cm³/mol. The molecule has 0 N–H and O–H groups in total. The van der Waals surface area contributed by atoms with Gasteiger partial charge in [0.25, 0.3) is 0 Å². The fraction of sp³-hybridized carbons (Fsp3) is 0.348. The van der Waals surface area contributed by atoms with Crippen molar-refractivity contribution in [3.8, 4) is 22.3 Å². The zero-order valence-corrected chi connectivity index (χ0v) is 30.8. The van der Waals surface area contributed by atoms with E-state index in [4.69, 9.17) is 0 Å². The lowest BCUT2D eigenvalue weighted by Crippen LogP contribution is -2.32. The molecule has 0 heterocycles. The first-order valence-corrected chi connectivity index (χ1v) is 21.5. The fourth-order valence-corrected chi connectivity index (χ4v) is 12.3. The zero-order valence-electron chi connectivity index (χ0n) is 29.8. The van der Waals surface area contributed by atoms with Crippen molar-refractivity contribution in [2.24, 2.45) is 0 Å². The Morgan fingerprint density at radius 3 is 1.21 bits per heavy atom. The molecule has 0 saturated carbocycles. The number of rotatable bonds is 14. The van der Waals surface area contributed by atoms with Gasteiger partial charge in [-0.3, -0.25) is 0 Å². The molecule has 2 radical (unpaired) electrons. The normalized spacial score (nSPS) is 14.3. The molecular weight excluding hydrogens is 581 g/mol. The molecule has 4 aromatic rings. The van der Waals surface area contributed by atoms with Crippen molar-refractivity contribution in [3.63, 3.8) is 0 Å². The molecule has 2 aliphatic carbocycles. The lowest BCUT2D eigenvalue weighted by atomic mass is 9.95. The van der Waals surface area contributed by atoms with Crippen LogP contribution in [0, 0.1) is 12.8 Å². The van der Waals surface area contributed by atoms with Gasteiger partial charge in [0.15, 0.2) is 0 Å². The topological polar surface area (TPSA) is 0 Å². The van der Waals surface area contributed by atoms with E-state index in [2.05, 4.69) is 139 Å². The van der Waals surface area contributed by atoms with Gasteiger partial charge in [-0.05, 0) is 105 Å². The average molecular weight is 635 g/mol. The van der Waals surface area contributed by atoms with E-state index in [1.807, 2.05) is 0 Å². The first-order valence-electron chi connectivity index (χ1n) is 18.5. The zero-order chi connectivity index (χ0) is 33.0. The van der Waals surface area contributed by atoms with Gasteiger partial charge in [-0.2, -0.15) is 0 Å². The van der Waals surface area contributed by atoms with Gasteiger partial charge in [0, 0.05) is 12.8 Å². The average Bonchev–Trinajstić information content (AvgIpc) is 3.66. The summed E-state index contributed by atoms with van der Waals surface area (Å²) >= 11 is 0. The van der Waals surface area contributed by atoms with E-state index < -0.39 is 8.07 Å². The van der Waals surface area contributed by atoms with Gasteiger partial charge < -0.3 is 0 Å². The monoisotopic (exact) mass is 634 g/mol. The van der Waals surface area contributed by atoms with Crippen molar-refractivity contribution >= 4 is 18.5 Å². The molecule has 0 bridgehead atoms.